The Labute approximate surface area is 258 Å². The number of likely N-dealkylation sites (N-methyl/N-ethyl adjacent to an activating group) is 1. The third-order valence-corrected chi connectivity index (χ3v) is 9.11. The van der Waals surface area contributed by atoms with Gasteiger partial charge in [-0.05, 0) is 82.1 Å². The summed E-state index contributed by atoms with van der Waals surface area (Å²) in [7, 11) is 3.42. The predicted octanol–water partition coefficient (Wildman–Crippen LogP) is 6.56. The van der Waals surface area contributed by atoms with Gasteiger partial charge in [-0.3, -0.25) is 9.88 Å². The number of rotatable bonds is 6. The van der Waals surface area contributed by atoms with Gasteiger partial charge in [0.2, 0.25) is 5.88 Å². The lowest BCUT2D eigenvalue weighted by molar-refractivity contribution is -0.140. The normalized spacial score (nSPS) is 21.9. The van der Waals surface area contributed by atoms with E-state index in [9.17, 15) is 13.2 Å². The Morgan fingerprint density at radius 3 is 2.45 bits per heavy atom. The lowest BCUT2D eigenvalue weighted by atomic mass is 9.62. The number of ether oxygens (including phenoxy) is 2. The predicted molar refractivity (Wildman–Crippen MR) is 167 cm³/mol. The molecular formula is C34H44F3N5O2. The molecule has 1 N–H and O–H groups in total. The quantitative estimate of drug-likeness (QED) is 0.339. The summed E-state index contributed by atoms with van der Waals surface area (Å²) < 4.78 is 52.8. The minimum atomic E-state index is -4.57. The number of fused-ring (bicyclic) bond motifs is 2. The van der Waals surface area contributed by atoms with Gasteiger partial charge < -0.3 is 19.7 Å². The van der Waals surface area contributed by atoms with Crippen molar-refractivity contribution in [2.45, 2.75) is 57.7 Å². The number of aromatic nitrogens is 2. The van der Waals surface area contributed by atoms with Gasteiger partial charge in [0, 0.05) is 43.2 Å². The van der Waals surface area contributed by atoms with Crippen molar-refractivity contribution < 1.29 is 22.6 Å². The van der Waals surface area contributed by atoms with E-state index in [4.69, 9.17) is 14.5 Å². The van der Waals surface area contributed by atoms with Crippen LogP contribution in [0.15, 0.2) is 48.5 Å². The smallest absolute Gasteiger partial charge is 0.435 e. The van der Waals surface area contributed by atoms with Gasteiger partial charge in [-0.2, -0.15) is 13.2 Å². The third kappa shape index (κ3) is 6.66. The molecule has 1 spiro atoms. The molecule has 0 amide bonds. The number of alkyl halides is 3. The van der Waals surface area contributed by atoms with E-state index in [-0.39, 0.29) is 22.9 Å². The van der Waals surface area contributed by atoms with E-state index in [1.165, 1.54) is 50.7 Å². The highest BCUT2D eigenvalue weighted by atomic mass is 19.4. The molecule has 2 aromatic heterocycles. The molecule has 2 unspecified atom stereocenters. The van der Waals surface area contributed by atoms with Gasteiger partial charge in [-0.25, -0.2) is 4.98 Å². The number of nitrogens with one attached hydrogen (secondary N) is 1. The second-order valence-corrected chi connectivity index (χ2v) is 11.9. The first kappa shape index (κ1) is 32.0. The van der Waals surface area contributed by atoms with Gasteiger partial charge in [0.1, 0.15) is 5.75 Å². The van der Waals surface area contributed by atoms with Crippen molar-refractivity contribution in [3.8, 4) is 22.9 Å². The van der Waals surface area contributed by atoms with E-state index in [1.54, 1.807) is 0 Å². The zero-order valence-electron chi connectivity index (χ0n) is 26.2. The highest BCUT2D eigenvalue weighted by Crippen LogP contribution is 2.48. The molecule has 6 rings (SSSR count). The standard InChI is InChI=1S/C30H35F3N4O2.C4H9N/c1-5-20-17-37(25-13-14-27(38-4)35-28(25)30(31,32)33)16-15-29(20)19-36(3)18-24-22(29)11-12-23(34-24)21-9-7-8-10-26(21)39-6-2;1-2-4-5-3-1/h7-14,20H,5-6,15-19H2,1-4H3;5H,1-4H2. The Morgan fingerprint density at radius 2 is 1.80 bits per heavy atom. The van der Waals surface area contributed by atoms with Crippen LogP contribution in [0.25, 0.3) is 11.3 Å². The Bertz CT molecular complexity index is 1410. The fraction of sp³-hybridized carbons (Fsp3) is 0.529. The zero-order valence-corrected chi connectivity index (χ0v) is 26.2. The number of piperidine rings is 1. The molecule has 5 heterocycles. The summed E-state index contributed by atoms with van der Waals surface area (Å²) in [5, 5.41) is 3.22. The molecule has 3 aliphatic heterocycles. The molecule has 0 saturated carbocycles. The van der Waals surface area contributed by atoms with Crippen molar-refractivity contribution >= 4 is 5.69 Å². The Kier molecular flexibility index (Phi) is 10.00. The monoisotopic (exact) mass is 611 g/mol. The number of nitrogens with zero attached hydrogens (tertiary/aromatic N) is 4. The lowest BCUT2D eigenvalue weighted by Gasteiger charge is -2.53. The molecule has 0 aliphatic carbocycles. The molecule has 10 heteroatoms. The van der Waals surface area contributed by atoms with Crippen LogP contribution in [-0.2, 0) is 18.1 Å². The topological polar surface area (TPSA) is 62.8 Å². The molecule has 2 fully saturated rings. The first-order valence-corrected chi connectivity index (χ1v) is 15.7. The van der Waals surface area contributed by atoms with Crippen molar-refractivity contribution in [2.75, 3.05) is 58.4 Å². The van der Waals surface area contributed by atoms with Crippen molar-refractivity contribution in [3.63, 3.8) is 0 Å². The summed E-state index contributed by atoms with van der Waals surface area (Å²) in [6.07, 6.45) is -0.233. The van der Waals surface area contributed by atoms with Crippen LogP contribution in [0.4, 0.5) is 18.9 Å². The molecule has 238 valence electrons. The first-order valence-electron chi connectivity index (χ1n) is 15.7. The first-order chi connectivity index (χ1) is 21.2. The van der Waals surface area contributed by atoms with E-state index in [2.05, 4.69) is 41.3 Å². The van der Waals surface area contributed by atoms with E-state index in [0.29, 0.717) is 19.7 Å². The zero-order chi connectivity index (χ0) is 31.3. The summed E-state index contributed by atoms with van der Waals surface area (Å²) in [4.78, 5) is 13.1. The maximum absolute atomic E-state index is 14.0. The molecule has 44 heavy (non-hydrogen) atoms. The van der Waals surface area contributed by atoms with Crippen molar-refractivity contribution in [1.29, 1.82) is 0 Å². The number of benzene rings is 1. The molecule has 3 aliphatic rings. The van der Waals surface area contributed by atoms with Crippen LogP contribution < -0.4 is 19.7 Å². The molecule has 3 aromatic rings. The maximum atomic E-state index is 14.0. The van der Waals surface area contributed by atoms with Crippen LogP contribution in [0, 0.1) is 5.92 Å². The average molecular weight is 612 g/mol. The van der Waals surface area contributed by atoms with Crippen molar-refractivity contribution in [1.82, 2.24) is 20.2 Å². The molecule has 2 saturated heterocycles. The van der Waals surface area contributed by atoms with Gasteiger partial charge in [0.05, 0.1) is 30.8 Å². The Hall–Kier alpha value is -3.37. The highest BCUT2D eigenvalue weighted by molar-refractivity contribution is 5.68. The number of hydrogen-bond acceptors (Lipinski definition) is 7. The number of hydrogen-bond donors (Lipinski definition) is 1. The second kappa shape index (κ2) is 13.7. The molecule has 0 radical (unpaired) electrons. The van der Waals surface area contributed by atoms with Crippen LogP contribution in [0.5, 0.6) is 11.6 Å². The van der Waals surface area contributed by atoms with Crippen LogP contribution in [0.1, 0.15) is 56.5 Å². The van der Waals surface area contributed by atoms with Crippen LogP contribution in [0.3, 0.4) is 0 Å². The number of methoxy groups -OCH3 is 1. The maximum Gasteiger partial charge on any atom is 0.435 e. The van der Waals surface area contributed by atoms with Gasteiger partial charge in [-0.15, -0.1) is 0 Å². The number of para-hydroxylation sites is 1. The fourth-order valence-electron chi connectivity index (χ4n) is 7.07. The summed E-state index contributed by atoms with van der Waals surface area (Å²) >= 11 is 0. The van der Waals surface area contributed by atoms with Crippen LogP contribution in [0.2, 0.25) is 0 Å². The summed E-state index contributed by atoms with van der Waals surface area (Å²) in [6.45, 7) is 9.74. The van der Waals surface area contributed by atoms with Gasteiger partial charge in [0.15, 0.2) is 5.69 Å². The van der Waals surface area contributed by atoms with Gasteiger partial charge >= 0.3 is 6.18 Å². The molecule has 0 bridgehead atoms. The fourth-order valence-corrected chi connectivity index (χ4v) is 7.07. The molecule has 2 atom stereocenters. The minimum Gasteiger partial charge on any atom is -0.493 e. The number of anilines is 1. The van der Waals surface area contributed by atoms with E-state index in [1.807, 2.05) is 36.1 Å². The largest absolute Gasteiger partial charge is 0.493 e. The summed E-state index contributed by atoms with van der Waals surface area (Å²) in [5.74, 6) is 0.904. The lowest BCUT2D eigenvalue weighted by Crippen LogP contribution is -2.57. The van der Waals surface area contributed by atoms with E-state index in [0.717, 1.165) is 48.6 Å². The van der Waals surface area contributed by atoms with Crippen molar-refractivity contribution in [3.05, 3.63) is 65.5 Å². The third-order valence-electron chi connectivity index (χ3n) is 9.11. The number of pyridine rings is 2. The van der Waals surface area contributed by atoms with Crippen LogP contribution >= 0.6 is 0 Å². The molecule has 7 nitrogen and oxygen atoms in total. The summed E-state index contributed by atoms with van der Waals surface area (Å²) in [5.41, 5.74) is 3.09. The minimum absolute atomic E-state index is 0.0396. The highest BCUT2D eigenvalue weighted by Gasteiger charge is 2.49. The Morgan fingerprint density at radius 1 is 1.02 bits per heavy atom. The van der Waals surface area contributed by atoms with E-state index >= 15 is 0 Å². The van der Waals surface area contributed by atoms with Gasteiger partial charge in [-0.1, -0.05) is 31.5 Å². The average Bonchev–Trinajstić information content (AvgIpc) is 3.61. The van der Waals surface area contributed by atoms with Crippen molar-refractivity contribution in [2.24, 2.45) is 5.92 Å². The van der Waals surface area contributed by atoms with Crippen LogP contribution in [-0.4, -0.2) is 68.4 Å². The molecular weight excluding hydrogens is 567 g/mol. The van der Waals surface area contributed by atoms with E-state index < -0.39 is 11.9 Å². The van der Waals surface area contributed by atoms with Gasteiger partial charge in [0.25, 0.3) is 0 Å². The number of halogens is 3. The summed E-state index contributed by atoms with van der Waals surface area (Å²) in [6, 6.07) is 15.2. The second-order valence-electron chi connectivity index (χ2n) is 11.9. The Balaban J connectivity index is 0.000000698. The SMILES string of the molecule is C1CCNC1.CCOc1ccccc1-c1ccc2c(n1)CN(C)CC21CCN(c2ccc(OC)nc2C(F)(F)F)CC1CC. The molecule has 1 aromatic carbocycles.